The van der Waals surface area contributed by atoms with Gasteiger partial charge in [0, 0.05) is 10.0 Å². The first kappa shape index (κ1) is 11.2. The van der Waals surface area contributed by atoms with Crippen molar-refractivity contribution in [1.29, 1.82) is 0 Å². The van der Waals surface area contributed by atoms with Gasteiger partial charge in [-0.05, 0) is 36.3 Å². The molecule has 0 saturated heterocycles. The average molecular weight is 268 g/mol. The number of halogens is 1. The molecule has 2 heteroatoms. The van der Waals surface area contributed by atoms with Crippen LogP contribution in [0.2, 0.25) is 0 Å². The Morgan fingerprint density at radius 2 is 1.87 bits per heavy atom. The van der Waals surface area contributed by atoms with E-state index in [9.17, 15) is 0 Å². The maximum absolute atomic E-state index is 6.53. The fourth-order valence-electron chi connectivity index (χ4n) is 2.69. The van der Waals surface area contributed by atoms with Crippen LogP contribution in [-0.4, -0.2) is 0 Å². The molecule has 1 saturated carbocycles. The monoisotopic (exact) mass is 267 g/mol. The second kappa shape index (κ2) is 3.60. The molecule has 1 nitrogen and oxygen atoms in total. The van der Waals surface area contributed by atoms with E-state index in [4.69, 9.17) is 5.73 Å². The van der Waals surface area contributed by atoms with E-state index in [-0.39, 0.29) is 5.54 Å². The molecule has 0 spiro atoms. The van der Waals surface area contributed by atoms with Crippen molar-refractivity contribution in [3.05, 3.63) is 34.3 Å². The van der Waals surface area contributed by atoms with Crippen LogP contribution in [0, 0.1) is 5.41 Å². The van der Waals surface area contributed by atoms with Gasteiger partial charge < -0.3 is 5.73 Å². The molecule has 0 bridgehead atoms. The third-order valence-corrected chi connectivity index (χ3v) is 4.14. The van der Waals surface area contributed by atoms with Gasteiger partial charge in [0.2, 0.25) is 0 Å². The van der Waals surface area contributed by atoms with Crippen LogP contribution < -0.4 is 5.73 Å². The summed E-state index contributed by atoms with van der Waals surface area (Å²) in [6.07, 6.45) is 3.37. The van der Waals surface area contributed by atoms with E-state index < -0.39 is 0 Å². The van der Waals surface area contributed by atoms with Crippen molar-refractivity contribution in [3.63, 3.8) is 0 Å². The second-order valence-electron chi connectivity index (χ2n) is 5.48. The SMILES string of the molecule is CC1(C)CCC(N)(c2ccccc2Br)C1. The molecule has 1 aliphatic carbocycles. The van der Waals surface area contributed by atoms with Crippen molar-refractivity contribution in [3.8, 4) is 0 Å². The zero-order valence-electron chi connectivity index (χ0n) is 9.39. The normalized spacial score (nSPS) is 29.3. The average Bonchev–Trinajstić information content (AvgIpc) is 2.42. The van der Waals surface area contributed by atoms with Crippen molar-refractivity contribution >= 4 is 15.9 Å². The maximum Gasteiger partial charge on any atom is 0.0426 e. The van der Waals surface area contributed by atoms with Gasteiger partial charge in [0.1, 0.15) is 0 Å². The molecule has 0 radical (unpaired) electrons. The van der Waals surface area contributed by atoms with E-state index in [1.165, 1.54) is 12.0 Å². The number of benzene rings is 1. The van der Waals surface area contributed by atoms with Crippen molar-refractivity contribution in [2.75, 3.05) is 0 Å². The molecule has 82 valence electrons. The van der Waals surface area contributed by atoms with Crippen LogP contribution in [0.1, 0.15) is 38.7 Å². The highest BCUT2D eigenvalue weighted by Crippen LogP contribution is 2.48. The van der Waals surface area contributed by atoms with Crippen LogP contribution in [0.3, 0.4) is 0 Å². The summed E-state index contributed by atoms with van der Waals surface area (Å²) in [4.78, 5) is 0. The third-order valence-electron chi connectivity index (χ3n) is 3.45. The van der Waals surface area contributed by atoms with Gasteiger partial charge in [0.15, 0.2) is 0 Å². The Morgan fingerprint density at radius 3 is 2.40 bits per heavy atom. The molecule has 0 aliphatic heterocycles. The smallest absolute Gasteiger partial charge is 0.0426 e. The molecule has 0 amide bonds. The molecule has 1 aromatic rings. The summed E-state index contributed by atoms with van der Waals surface area (Å²) >= 11 is 3.60. The predicted molar refractivity (Wildman–Crippen MR) is 67.6 cm³/mol. The zero-order valence-corrected chi connectivity index (χ0v) is 11.0. The van der Waals surface area contributed by atoms with Crippen molar-refractivity contribution in [1.82, 2.24) is 0 Å². The van der Waals surface area contributed by atoms with Crippen molar-refractivity contribution in [2.24, 2.45) is 11.1 Å². The molecule has 1 fully saturated rings. The van der Waals surface area contributed by atoms with E-state index in [2.05, 4.69) is 48.0 Å². The summed E-state index contributed by atoms with van der Waals surface area (Å²) in [5, 5.41) is 0. The van der Waals surface area contributed by atoms with Gasteiger partial charge in [-0.3, -0.25) is 0 Å². The summed E-state index contributed by atoms with van der Waals surface area (Å²) in [6, 6.07) is 8.33. The zero-order chi connectivity index (χ0) is 11.1. The fourth-order valence-corrected chi connectivity index (χ4v) is 3.37. The molecule has 1 aliphatic rings. The topological polar surface area (TPSA) is 26.0 Å². The van der Waals surface area contributed by atoms with Crippen LogP contribution in [0.15, 0.2) is 28.7 Å². The molecule has 0 heterocycles. The molecule has 2 N–H and O–H groups in total. The lowest BCUT2D eigenvalue weighted by Crippen LogP contribution is -2.34. The molecule has 1 unspecified atom stereocenters. The van der Waals surface area contributed by atoms with Crippen molar-refractivity contribution in [2.45, 2.75) is 38.6 Å². The Kier molecular flexibility index (Phi) is 2.68. The fraction of sp³-hybridized carbons (Fsp3) is 0.538. The summed E-state index contributed by atoms with van der Waals surface area (Å²) in [5.41, 5.74) is 8.03. The van der Waals surface area contributed by atoms with Gasteiger partial charge in [-0.1, -0.05) is 48.0 Å². The highest BCUT2D eigenvalue weighted by atomic mass is 79.9. The summed E-state index contributed by atoms with van der Waals surface area (Å²) in [7, 11) is 0. The molecular weight excluding hydrogens is 250 g/mol. The highest BCUT2D eigenvalue weighted by Gasteiger charge is 2.42. The van der Waals surface area contributed by atoms with Gasteiger partial charge in [-0.2, -0.15) is 0 Å². The lowest BCUT2D eigenvalue weighted by atomic mass is 9.84. The largest absolute Gasteiger partial charge is 0.321 e. The quantitative estimate of drug-likeness (QED) is 0.823. The number of hydrogen-bond acceptors (Lipinski definition) is 1. The van der Waals surface area contributed by atoms with Crippen LogP contribution in [0.25, 0.3) is 0 Å². The number of rotatable bonds is 1. The van der Waals surface area contributed by atoms with E-state index in [1.807, 2.05) is 6.07 Å². The van der Waals surface area contributed by atoms with E-state index in [1.54, 1.807) is 0 Å². The molecule has 1 aromatic carbocycles. The standard InChI is InChI=1S/C13H18BrN/c1-12(2)7-8-13(15,9-12)10-5-3-4-6-11(10)14/h3-6H,7-9,15H2,1-2H3. The summed E-state index contributed by atoms with van der Waals surface area (Å²) in [6.45, 7) is 4.61. The minimum Gasteiger partial charge on any atom is -0.321 e. The predicted octanol–water partition coefficient (Wildman–Crippen LogP) is 3.81. The van der Waals surface area contributed by atoms with Crippen LogP contribution in [-0.2, 0) is 5.54 Å². The molecule has 15 heavy (non-hydrogen) atoms. The van der Waals surface area contributed by atoms with Crippen LogP contribution >= 0.6 is 15.9 Å². The summed E-state index contributed by atoms with van der Waals surface area (Å²) < 4.78 is 1.14. The molecule has 2 rings (SSSR count). The van der Waals surface area contributed by atoms with E-state index in [0.717, 1.165) is 17.3 Å². The van der Waals surface area contributed by atoms with Gasteiger partial charge in [-0.15, -0.1) is 0 Å². The van der Waals surface area contributed by atoms with Gasteiger partial charge in [0.05, 0.1) is 0 Å². The Morgan fingerprint density at radius 1 is 1.20 bits per heavy atom. The minimum absolute atomic E-state index is 0.135. The minimum atomic E-state index is -0.135. The third kappa shape index (κ3) is 2.11. The molecule has 0 aromatic heterocycles. The molecular formula is C13H18BrN. The van der Waals surface area contributed by atoms with Gasteiger partial charge in [0.25, 0.3) is 0 Å². The van der Waals surface area contributed by atoms with E-state index >= 15 is 0 Å². The number of nitrogens with two attached hydrogens (primary N) is 1. The summed E-state index contributed by atoms with van der Waals surface area (Å²) in [5.74, 6) is 0. The maximum atomic E-state index is 6.53. The van der Waals surface area contributed by atoms with Crippen molar-refractivity contribution < 1.29 is 0 Å². The first-order valence-electron chi connectivity index (χ1n) is 5.47. The lowest BCUT2D eigenvalue weighted by molar-refractivity contribution is 0.339. The lowest BCUT2D eigenvalue weighted by Gasteiger charge is -2.28. The Bertz CT molecular complexity index is 373. The van der Waals surface area contributed by atoms with Gasteiger partial charge >= 0.3 is 0 Å². The Labute approximate surface area is 100 Å². The van der Waals surface area contributed by atoms with Gasteiger partial charge in [-0.25, -0.2) is 0 Å². The van der Waals surface area contributed by atoms with E-state index in [0.29, 0.717) is 5.41 Å². The number of hydrogen-bond donors (Lipinski definition) is 1. The Hall–Kier alpha value is -0.340. The van der Waals surface area contributed by atoms with Crippen LogP contribution in [0.5, 0.6) is 0 Å². The van der Waals surface area contributed by atoms with Crippen LogP contribution in [0.4, 0.5) is 0 Å². The molecule has 1 atom stereocenters. The Balaban J connectivity index is 2.36. The first-order valence-corrected chi connectivity index (χ1v) is 6.26. The first-order chi connectivity index (χ1) is 6.93. The highest BCUT2D eigenvalue weighted by molar-refractivity contribution is 9.10. The second-order valence-corrected chi connectivity index (χ2v) is 6.33.